The topological polar surface area (TPSA) is 66.5 Å². The summed E-state index contributed by atoms with van der Waals surface area (Å²) in [4.78, 5) is 12.4. The number of amides is 1. The Morgan fingerprint density at radius 2 is 1.59 bits per heavy atom. The van der Waals surface area contributed by atoms with Crippen LogP contribution in [0.2, 0.25) is 0 Å². The van der Waals surface area contributed by atoms with E-state index in [0.717, 1.165) is 16.1 Å². The highest BCUT2D eigenvalue weighted by Crippen LogP contribution is 2.21. The Morgan fingerprint density at radius 1 is 1.09 bits per heavy atom. The van der Waals surface area contributed by atoms with Gasteiger partial charge in [-0.2, -0.15) is 0 Å². The quantitative estimate of drug-likeness (QED) is 0.872. The van der Waals surface area contributed by atoms with E-state index in [2.05, 4.69) is 5.32 Å². The summed E-state index contributed by atoms with van der Waals surface area (Å²) in [6.45, 7) is 9.44. The molecule has 5 nitrogen and oxygen atoms in total. The van der Waals surface area contributed by atoms with Gasteiger partial charge in [0.1, 0.15) is 6.04 Å². The third-order valence-corrected chi connectivity index (χ3v) is 4.99. The van der Waals surface area contributed by atoms with E-state index in [0.29, 0.717) is 5.69 Å². The number of sulfonamides is 1. The van der Waals surface area contributed by atoms with Crippen molar-refractivity contribution in [2.45, 2.75) is 46.7 Å². The lowest BCUT2D eigenvalue weighted by Crippen LogP contribution is -2.50. The minimum Gasteiger partial charge on any atom is -0.352 e. The Bertz CT molecular complexity index is 609. The fourth-order valence-electron chi connectivity index (χ4n) is 2.01. The van der Waals surface area contributed by atoms with E-state index >= 15 is 0 Å². The summed E-state index contributed by atoms with van der Waals surface area (Å²) in [6, 6.07) is 6.26. The van der Waals surface area contributed by atoms with Crippen LogP contribution in [-0.4, -0.2) is 32.7 Å². The number of nitrogens with zero attached hydrogens (tertiary/aromatic N) is 1. The van der Waals surface area contributed by atoms with Crippen molar-refractivity contribution in [1.29, 1.82) is 0 Å². The highest BCUT2D eigenvalue weighted by atomic mass is 32.2. The lowest BCUT2D eigenvalue weighted by atomic mass is 10.1. The van der Waals surface area contributed by atoms with Crippen molar-refractivity contribution in [2.24, 2.45) is 5.92 Å². The van der Waals surface area contributed by atoms with Gasteiger partial charge in [-0.1, -0.05) is 31.5 Å². The molecule has 0 saturated carbocycles. The minimum atomic E-state index is -3.56. The standard InChI is InChI=1S/C16H26N2O3S/c1-11(2)13(4)17-16(19)14(5)18(22(6,20)21)15-9-7-12(3)8-10-15/h7-11,13-14H,1-6H3,(H,17,19)/t13-,14+/m1/s1. The van der Waals surface area contributed by atoms with Gasteiger partial charge in [-0.05, 0) is 38.8 Å². The number of carbonyl (C=O) groups excluding carboxylic acids is 1. The van der Waals surface area contributed by atoms with Crippen molar-refractivity contribution in [2.75, 3.05) is 10.6 Å². The van der Waals surface area contributed by atoms with Crippen molar-refractivity contribution in [3.8, 4) is 0 Å². The zero-order valence-electron chi connectivity index (χ0n) is 14.1. The second-order valence-corrected chi connectivity index (χ2v) is 7.97. The van der Waals surface area contributed by atoms with Crippen molar-refractivity contribution in [3.63, 3.8) is 0 Å². The predicted molar refractivity (Wildman–Crippen MR) is 90.4 cm³/mol. The molecule has 6 heteroatoms. The molecule has 0 bridgehead atoms. The molecule has 22 heavy (non-hydrogen) atoms. The van der Waals surface area contributed by atoms with E-state index < -0.39 is 16.1 Å². The number of benzene rings is 1. The fraction of sp³-hybridized carbons (Fsp3) is 0.562. The van der Waals surface area contributed by atoms with Gasteiger partial charge in [0.15, 0.2) is 0 Å². The number of hydrogen-bond donors (Lipinski definition) is 1. The summed E-state index contributed by atoms with van der Waals surface area (Å²) >= 11 is 0. The number of carbonyl (C=O) groups is 1. The summed E-state index contributed by atoms with van der Waals surface area (Å²) in [5.74, 6) is -0.0191. The molecule has 0 saturated heterocycles. The Labute approximate surface area is 133 Å². The molecule has 1 aromatic rings. The van der Waals surface area contributed by atoms with Crippen LogP contribution in [0, 0.1) is 12.8 Å². The Morgan fingerprint density at radius 3 is 2.00 bits per heavy atom. The molecule has 1 N–H and O–H groups in total. The number of aryl methyl sites for hydroxylation is 1. The molecule has 0 aliphatic carbocycles. The largest absolute Gasteiger partial charge is 0.352 e. The average Bonchev–Trinajstić information content (AvgIpc) is 2.39. The van der Waals surface area contributed by atoms with Crippen LogP contribution in [0.25, 0.3) is 0 Å². The van der Waals surface area contributed by atoms with Gasteiger partial charge in [0.25, 0.3) is 0 Å². The molecule has 1 amide bonds. The maximum atomic E-state index is 12.4. The molecule has 124 valence electrons. The van der Waals surface area contributed by atoms with Gasteiger partial charge >= 0.3 is 0 Å². The van der Waals surface area contributed by atoms with Crippen LogP contribution >= 0.6 is 0 Å². The first-order valence-electron chi connectivity index (χ1n) is 7.40. The number of hydrogen-bond acceptors (Lipinski definition) is 3. The second-order valence-electron chi connectivity index (χ2n) is 6.11. The van der Waals surface area contributed by atoms with E-state index in [1.165, 1.54) is 0 Å². The molecule has 0 aromatic heterocycles. The van der Waals surface area contributed by atoms with Gasteiger partial charge in [0, 0.05) is 6.04 Å². The molecule has 0 aliphatic rings. The molecule has 1 rings (SSSR count). The lowest BCUT2D eigenvalue weighted by Gasteiger charge is -2.30. The molecule has 0 heterocycles. The second kappa shape index (κ2) is 7.13. The van der Waals surface area contributed by atoms with E-state index in [1.807, 2.05) is 39.8 Å². The van der Waals surface area contributed by atoms with Crippen molar-refractivity contribution in [1.82, 2.24) is 5.32 Å². The number of rotatable bonds is 6. The van der Waals surface area contributed by atoms with Gasteiger partial charge in [-0.15, -0.1) is 0 Å². The summed E-state index contributed by atoms with van der Waals surface area (Å²) in [5.41, 5.74) is 1.52. The van der Waals surface area contributed by atoms with Crippen LogP contribution in [0.15, 0.2) is 24.3 Å². The van der Waals surface area contributed by atoms with E-state index in [4.69, 9.17) is 0 Å². The first kappa shape index (κ1) is 18.5. The summed E-state index contributed by atoms with van der Waals surface area (Å²) in [5, 5.41) is 2.87. The van der Waals surface area contributed by atoms with Gasteiger partial charge in [0.2, 0.25) is 15.9 Å². The smallest absolute Gasteiger partial charge is 0.243 e. The molecule has 0 fully saturated rings. The number of nitrogens with one attached hydrogen (secondary N) is 1. The molecular weight excluding hydrogens is 300 g/mol. The van der Waals surface area contributed by atoms with Crippen LogP contribution in [0.5, 0.6) is 0 Å². The van der Waals surface area contributed by atoms with Crippen LogP contribution in [0.1, 0.15) is 33.3 Å². The van der Waals surface area contributed by atoms with Gasteiger partial charge in [0.05, 0.1) is 11.9 Å². The SMILES string of the molecule is Cc1ccc(N([C@@H](C)C(=O)N[C@H](C)C(C)C)S(C)(=O)=O)cc1. The van der Waals surface area contributed by atoms with E-state index in [1.54, 1.807) is 19.1 Å². The van der Waals surface area contributed by atoms with Gasteiger partial charge < -0.3 is 5.32 Å². The molecule has 2 atom stereocenters. The molecule has 0 spiro atoms. The molecule has 1 aromatic carbocycles. The summed E-state index contributed by atoms with van der Waals surface area (Å²) in [7, 11) is -3.56. The van der Waals surface area contributed by atoms with Crippen LogP contribution in [0.3, 0.4) is 0 Å². The van der Waals surface area contributed by atoms with Crippen molar-refractivity contribution < 1.29 is 13.2 Å². The zero-order valence-corrected chi connectivity index (χ0v) is 14.9. The van der Waals surface area contributed by atoms with Crippen LogP contribution in [-0.2, 0) is 14.8 Å². The zero-order chi connectivity index (χ0) is 17.1. The predicted octanol–water partition coefficient (Wildman–Crippen LogP) is 2.31. The Hall–Kier alpha value is -1.56. The molecule has 0 unspecified atom stereocenters. The highest BCUT2D eigenvalue weighted by molar-refractivity contribution is 7.92. The maximum absolute atomic E-state index is 12.4. The van der Waals surface area contributed by atoms with Crippen LogP contribution in [0.4, 0.5) is 5.69 Å². The molecule has 0 radical (unpaired) electrons. The minimum absolute atomic E-state index is 0.0191. The first-order valence-corrected chi connectivity index (χ1v) is 9.25. The maximum Gasteiger partial charge on any atom is 0.243 e. The first-order chi connectivity index (χ1) is 10.0. The van der Waals surface area contributed by atoms with Gasteiger partial charge in [-0.25, -0.2) is 8.42 Å². The number of anilines is 1. The lowest BCUT2D eigenvalue weighted by molar-refractivity contribution is -0.122. The van der Waals surface area contributed by atoms with Gasteiger partial charge in [-0.3, -0.25) is 9.10 Å². The normalized spacial score (nSPS) is 14.5. The third kappa shape index (κ3) is 4.73. The van der Waals surface area contributed by atoms with Crippen molar-refractivity contribution >= 4 is 21.6 Å². The Balaban J connectivity index is 3.08. The summed E-state index contributed by atoms with van der Waals surface area (Å²) < 4.78 is 25.4. The Kier molecular flexibility index (Phi) is 6.00. The fourth-order valence-corrected chi connectivity index (χ4v) is 3.19. The highest BCUT2D eigenvalue weighted by Gasteiger charge is 2.29. The van der Waals surface area contributed by atoms with E-state index in [-0.39, 0.29) is 17.9 Å². The monoisotopic (exact) mass is 326 g/mol. The molecule has 0 aliphatic heterocycles. The molecular formula is C16H26N2O3S. The third-order valence-electron chi connectivity index (χ3n) is 3.75. The average molecular weight is 326 g/mol. The summed E-state index contributed by atoms with van der Waals surface area (Å²) in [6.07, 6.45) is 1.11. The van der Waals surface area contributed by atoms with Crippen molar-refractivity contribution in [3.05, 3.63) is 29.8 Å². The van der Waals surface area contributed by atoms with E-state index in [9.17, 15) is 13.2 Å². The van der Waals surface area contributed by atoms with Crippen LogP contribution < -0.4 is 9.62 Å².